The van der Waals surface area contributed by atoms with Gasteiger partial charge in [0, 0.05) is 0 Å². The van der Waals surface area contributed by atoms with E-state index in [1.54, 1.807) is 0 Å². The van der Waals surface area contributed by atoms with E-state index in [1.165, 1.54) is 0 Å². The molecular weight excluding hydrogens is 379 g/mol. The van der Waals surface area contributed by atoms with Gasteiger partial charge in [-0.15, -0.1) is 0 Å². The number of hydrogen-bond donors (Lipinski definition) is 0. The van der Waals surface area contributed by atoms with Crippen LogP contribution >= 0.6 is 0 Å². The Morgan fingerprint density at radius 2 is 0.500 bits per heavy atom. The first-order chi connectivity index (χ1) is 8.94. The summed E-state index contributed by atoms with van der Waals surface area (Å²) in [6.07, 6.45) is -9.53. The predicted molar refractivity (Wildman–Crippen MR) is 42.6 cm³/mol. The summed E-state index contributed by atoms with van der Waals surface area (Å²) in [7, 11) is -18.0. The van der Waals surface area contributed by atoms with Crippen LogP contribution in [0.25, 0.3) is 0 Å². The van der Waals surface area contributed by atoms with Gasteiger partial charge in [0.1, 0.15) is 0 Å². The molecule has 0 atom stereocenters. The first-order valence-electron chi connectivity index (χ1n) is 3.91. The molecule has 0 bridgehead atoms. The average molecular weight is 380 g/mol. The van der Waals surface area contributed by atoms with Crippen molar-refractivity contribution in [1.82, 2.24) is 0 Å². The Bertz CT molecular complexity index is 192. The zero-order valence-electron chi connectivity index (χ0n) is 9.23. The molecule has 0 aromatic heterocycles. The van der Waals surface area contributed by atoms with Crippen LogP contribution in [-0.2, 0) is 0 Å². The molecule has 0 radical (unpaired) electrons. The lowest BCUT2D eigenvalue weighted by Gasteiger charge is -2.00. The van der Waals surface area contributed by atoms with Gasteiger partial charge in [-0.1, -0.05) is 0 Å². The van der Waals surface area contributed by atoms with Crippen molar-refractivity contribution in [1.29, 1.82) is 0 Å². The van der Waals surface area contributed by atoms with E-state index in [0.29, 0.717) is 0 Å². The highest BCUT2D eigenvalue weighted by molar-refractivity contribution is 6.50. The van der Waals surface area contributed by atoms with Crippen LogP contribution in [0.4, 0.5) is 73.7 Å². The van der Waals surface area contributed by atoms with Crippen LogP contribution in [0.15, 0.2) is 0 Å². The van der Waals surface area contributed by atoms with Crippen molar-refractivity contribution in [3.63, 3.8) is 0 Å². The molecule has 0 aliphatic carbocycles. The Balaban J connectivity index is -0.0000000995. The Kier molecular flexibility index (Phi) is 14.1. The summed E-state index contributed by atoms with van der Waals surface area (Å²) in [5.74, 6) is 0. The van der Waals surface area contributed by atoms with Gasteiger partial charge in [-0.05, 0) is 0 Å². The third-order valence-electron chi connectivity index (χ3n) is 0.247. The average Bonchev–Trinajstić information content (AvgIpc) is 1.89. The molecule has 22 heavy (non-hydrogen) atoms. The van der Waals surface area contributed by atoms with Crippen molar-refractivity contribution in [2.45, 2.75) is 12.6 Å². The number of rotatable bonds is 0. The molecular formula is C2HB3F17-3. The third-order valence-corrected chi connectivity index (χ3v) is 0.247. The number of alkyl halides is 5. The highest BCUT2D eigenvalue weighted by Crippen LogP contribution is 2.22. The van der Waals surface area contributed by atoms with Crippen molar-refractivity contribution in [2.75, 3.05) is 0 Å². The Morgan fingerprint density at radius 3 is 0.500 bits per heavy atom. The van der Waals surface area contributed by atoms with E-state index in [4.69, 9.17) is 0 Å². The van der Waals surface area contributed by atoms with Gasteiger partial charge in [0.25, 0.3) is 0 Å². The molecule has 140 valence electrons. The summed E-state index contributed by atoms with van der Waals surface area (Å²) >= 11 is 0. The van der Waals surface area contributed by atoms with Gasteiger partial charge in [-0.3, -0.25) is 0 Å². The molecule has 0 amide bonds. The maximum Gasteiger partial charge on any atom is 0.673 e. The fourth-order valence-electron chi connectivity index (χ4n) is 0. The van der Waals surface area contributed by atoms with Gasteiger partial charge in [0.15, 0.2) is 0 Å². The van der Waals surface area contributed by atoms with Crippen molar-refractivity contribution < 1.29 is 73.7 Å². The molecule has 0 saturated carbocycles. The molecule has 0 rings (SSSR count). The lowest BCUT2D eigenvalue weighted by atomic mass is 10.3. The number of hydrogen-bond acceptors (Lipinski definition) is 0. The summed E-state index contributed by atoms with van der Waals surface area (Å²) in [5, 5.41) is 0. The molecule has 0 unspecified atom stereocenters. The molecule has 0 aliphatic rings. The molecule has 0 nitrogen and oxygen atoms in total. The van der Waals surface area contributed by atoms with Crippen LogP contribution in [0.3, 0.4) is 0 Å². The van der Waals surface area contributed by atoms with Crippen LogP contribution in [0.2, 0.25) is 0 Å². The van der Waals surface area contributed by atoms with Gasteiger partial charge in [0.2, 0.25) is 0 Å². The molecule has 0 fully saturated rings. The predicted octanol–water partition coefficient (Wildman–Crippen LogP) is 5.71. The molecule has 0 spiro atoms. The van der Waals surface area contributed by atoms with Crippen molar-refractivity contribution in [3.05, 3.63) is 0 Å². The highest BCUT2D eigenvalue weighted by atomic mass is 19.5. The molecule has 0 N–H and O–H groups in total. The Hall–Kier alpha value is -0.995. The minimum Gasteiger partial charge on any atom is -0.418 e. The Morgan fingerprint density at radius 1 is 0.455 bits per heavy atom. The van der Waals surface area contributed by atoms with Crippen LogP contribution in [0, 0.1) is 0 Å². The van der Waals surface area contributed by atoms with Crippen molar-refractivity contribution in [3.8, 4) is 0 Å². The fourth-order valence-corrected chi connectivity index (χ4v) is 0. The summed E-state index contributed by atoms with van der Waals surface area (Å²) < 4.78 is 169. The minimum atomic E-state index is -6.00. The van der Waals surface area contributed by atoms with Gasteiger partial charge in [0.05, 0.1) is 0 Å². The third kappa shape index (κ3) is 246. The molecule has 20 heteroatoms. The van der Waals surface area contributed by atoms with Gasteiger partial charge >= 0.3 is 34.4 Å². The second-order valence-electron chi connectivity index (χ2n) is 2.33. The summed E-state index contributed by atoms with van der Waals surface area (Å²) in [6.45, 7) is 0. The van der Waals surface area contributed by atoms with E-state index >= 15 is 0 Å². The first kappa shape index (κ1) is 29.1. The van der Waals surface area contributed by atoms with Crippen LogP contribution in [0.5, 0.6) is 0 Å². The maximum absolute atomic E-state index is 10.4. The second-order valence-corrected chi connectivity index (χ2v) is 2.33. The van der Waals surface area contributed by atoms with Gasteiger partial charge in [-0.25, -0.2) is 8.78 Å². The summed E-state index contributed by atoms with van der Waals surface area (Å²) in [5.41, 5.74) is 0. The van der Waals surface area contributed by atoms with E-state index in [1.807, 2.05) is 0 Å². The molecule has 0 aliphatic heterocycles. The van der Waals surface area contributed by atoms with Crippen molar-refractivity contribution in [2.24, 2.45) is 0 Å². The second kappa shape index (κ2) is 10.7. The topological polar surface area (TPSA) is 0 Å². The van der Waals surface area contributed by atoms with Crippen LogP contribution in [-0.4, -0.2) is 34.4 Å². The SMILES string of the molecule is FC(F)C(F)(F)F.F[B-](F)(F)F.F[B-](F)(F)F.F[B-](F)(F)F. The lowest BCUT2D eigenvalue weighted by molar-refractivity contribution is -0.219. The van der Waals surface area contributed by atoms with Gasteiger partial charge < -0.3 is 51.8 Å². The summed E-state index contributed by atoms with van der Waals surface area (Å²) in [6, 6.07) is 0. The molecule has 0 heterocycles. The molecule has 0 aromatic rings. The number of halogens is 17. The Labute approximate surface area is 110 Å². The van der Waals surface area contributed by atoms with Crippen molar-refractivity contribution >= 4 is 21.8 Å². The fraction of sp³-hybridized carbons (Fsp3) is 1.00. The van der Waals surface area contributed by atoms with Crippen LogP contribution in [0.1, 0.15) is 0 Å². The zero-order valence-corrected chi connectivity index (χ0v) is 9.23. The van der Waals surface area contributed by atoms with E-state index in [2.05, 4.69) is 0 Å². The summed E-state index contributed by atoms with van der Waals surface area (Å²) in [4.78, 5) is 0. The van der Waals surface area contributed by atoms with E-state index in [9.17, 15) is 73.7 Å². The first-order valence-corrected chi connectivity index (χ1v) is 3.91. The zero-order chi connectivity index (χ0) is 19.6. The maximum atomic E-state index is 10.4. The van der Waals surface area contributed by atoms with E-state index in [-0.39, 0.29) is 0 Å². The lowest BCUT2D eigenvalue weighted by Crippen LogP contribution is -2.18. The highest BCUT2D eigenvalue weighted by Gasteiger charge is 2.40. The van der Waals surface area contributed by atoms with Gasteiger partial charge in [-0.2, -0.15) is 13.2 Å². The van der Waals surface area contributed by atoms with E-state index < -0.39 is 34.4 Å². The van der Waals surface area contributed by atoms with Crippen LogP contribution < -0.4 is 0 Å². The largest absolute Gasteiger partial charge is 0.673 e. The smallest absolute Gasteiger partial charge is 0.418 e. The molecule has 0 saturated heterocycles. The van der Waals surface area contributed by atoms with E-state index in [0.717, 1.165) is 0 Å². The normalized spacial score (nSPS) is 12.3. The quantitative estimate of drug-likeness (QED) is 0.373. The monoisotopic (exact) mass is 381 g/mol. The standard InChI is InChI=1S/C2HF5.3BF4/c3-1(4)2(5,6)7;3*2-1(3,4)5/h1H;;;/q;3*-1. The minimum absolute atomic E-state index is 4.20. The molecule has 0 aromatic carbocycles.